The van der Waals surface area contributed by atoms with Gasteiger partial charge in [-0.2, -0.15) is 13.2 Å². The minimum Gasteiger partial charge on any atom is -0.356 e. The summed E-state index contributed by atoms with van der Waals surface area (Å²) in [6.45, 7) is 2.15. The van der Waals surface area contributed by atoms with E-state index < -0.39 is 11.9 Å². The molecule has 0 N–H and O–H groups in total. The summed E-state index contributed by atoms with van der Waals surface area (Å²) >= 11 is 0. The number of anilines is 2. The predicted octanol–water partition coefficient (Wildman–Crippen LogP) is 4.26. The van der Waals surface area contributed by atoms with Gasteiger partial charge in [-0.15, -0.1) is 0 Å². The quantitative estimate of drug-likeness (QED) is 0.403. The number of benzene rings is 1. The predicted molar refractivity (Wildman–Crippen MR) is 131 cm³/mol. The van der Waals surface area contributed by atoms with Gasteiger partial charge in [0.15, 0.2) is 11.5 Å². The number of aryl methyl sites for hydroxylation is 1. The minimum atomic E-state index is -4.51. The van der Waals surface area contributed by atoms with Gasteiger partial charge in [-0.05, 0) is 24.1 Å². The summed E-state index contributed by atoms with van der Waals surface area (Å²) in [7, 11) is 1.53. The van der Waals surface area contributed by atoms with Crippen LogP contribution in [0.3, 0.4) is 0 Å². The van der Waals surface area contributed by atoms with Gasteiger partial charge in [0.25, 0.3) is 0 Å². The first kappa shape index (κ1) is 23.1. The van der Waals surface area contributed by atoms with Crippen molar-refractivity contribution in [3.63, 3.8) is 0 Å². The van der Waals surface area contributed by atoms with Crippen LogP contribution >= 0.6 is 0 Å². The monoisotopic (exact) mass is 505 g/mol. The molecule has 2 aliphatic heterocycles. The zero-order valence-electron chi connectivity index (χ0n) is 19.9. The third kappa shape index (κ3) is 4.20. The van der Waals surface area contributed by atoms with E-state index in [2.05, 4.69) is 19.9 Å². The lowest BCUT2D eigenvalue weighted by molar-refractivity contribution is -0.140. The molecule has 188 valence electrons. The average molecular weight is 506 g/mol. The molecule has 8 nitrogen and oxygen atoms in total. The van der Waals surface area contributed by atoms with E-state index in [9.17, 15) is 18.0 Å². The average Bonchev–Trinajstić information content (AvgIpc) is 3.38. The second-order valence-electron chi connectivity index (χ2n) is 9.17. The van der Waals surface area contributed by atoms with Gasteiger partial charge in [0.1, 0.15) is 17.5 Å². The third-order valence-electron chi connectivity index (χ3n) is 6.64. The molecular formula is C26H22F3N7O. The summed E-state index contributed by atoms with van der Waals surface area (Å²) in [5, 5.41) is 0. The van der Waals surface area contributed by atoms with Crippen LogP contribution in [0.25, 0.3) is 22.8 Å². The van der Waals surface area contributed by atoms with Crippen molar-refractivity contribution in [3.8, 4) is 22.8 Å². The van der Waals surface area contributed by atoms with Crippen LogP contribution in [0.2, 0.25) is 0 Å². The van der Waals surface area contributed by atoms with E-state index in [1.54, 1.807) is 41.6 Å². The van der Waals surface area contributed by atoms with Crippen LogP contribution in [0.15, 0.2) is 55.0 Å². The first-order valence-corrected chi connectivity index (χ1v) is 11.8. The Morgan fingerprint density at radius 2 is 1.78 bits per heavy atom. The smallest absolute Gasteiger partial charge is 0.356 e. The number of nitrogens with zero attached hydrogens (tertiary/aromatic N) is 7. The molecule has 11 heteroatoms. The van der Waals surface area contributed by atoms with Crippen LogP contribution < -0.4 is 9.80 Å². The molecule has 0 bridgehead atoms. The van der Waals surface area contributed by atoms with Crippen molar-refractivity contribution in [2.75, 3.05) is 22.9 Å². The molecule has 4 aromatic rings. The number of fused-ring (bicyclic) bond motifs is 1. The molecule has 0 unspecified atom stereocenters. The highest BCUT2D eigenvalue weighted by Gasteiger charge is 2.35. The fraction of sp³-hybridized carbons (Fsp3) is 0.269. The molecule has 1 aromatic carbocycles. The number of halogens is 3. The zero-order valence-corrected chi connectivity index (χ0v) is 19.9. The molecule has 0 aliphatic carbocycles. The molecule has 6 rings (SSSR count). The van der Waals surface area contributed by atoms with Gasteiger partial charge in [0, 0.05) is 49.9 Å². The Balaban J connectivity index is 1.26. The van der Waals surface area contributed by atoms with Crippen molar-refractivity contribution >= 4 is 17.5 Å². The number of alkyl halides is 3. The van der Waals surface area contributed by atoms with Crippen molar-refractivity contribution in [2.24, 2.45) is 7.05 Å². The Morgan fingerprint density at radius 3 is 2.46 bits per heavy atom. The molecule has 5 heterocycles. The van der Waals surface area contributed by atoms with Gasteiger partial charge in [-0.25, -0.2) is 19.9 Å². The van der Waals surface area contributed by atoms with Crippen molar-refractivity contribution in [3.05, 3.63) is 71.8 Å². The van der Waals surface area contributed by atoms with Crippen molar-refractivity contribution in [2.45, 2.75) is 25.6 Å². The number of hydrogen-bond donors (Lipinski definition) is 0. The van der Waals surface area contributed by atoms with Crippen LogP contribution in [-0.4, -0.2) is 43.5 Å². The van der Waals surface area contributed by atoms with Gasteiger partial charge in [0.2, 0.25) is 5.91 Å². The van der Waals surface area contributed by atoms with Gasteiger partial charge in [0.05, 0.1) is 18.5 Å². The molecule has 0 atom stereocenters. The number of pyridine rings is 1. The molecule has 1 saturated heterocycles. The normalized spacial score (nSPS) is 15.2. The third-order valence-corrected chi connectivity index (χ3v) is 6.64. The molecule has 0 spiro atoms. The number of hydrogen-bond acceptors (Lipinski definition) is 6. The molecule has 1 amide bonds. The summed E-state index contributed by atoms with van der Waals surface area (Å²) in [6.07, 6.45) is 1.24. The molecule has 2 aliphatic rings. The van der Waals surface area contributed by atoms with E-state index in [-0.39, 0.29) is 24.7 Å². The molecule has 0 radical (unpaired) electrons. The van der Waals surface area contributed by atoms with Crippen molar-refractivity contribution in [1.29, 1.82) is 0 Å². The van der Waals surface area contributed by atoms with Gasteiger partial charge in [-0.1, -0.05) is 24.3 Å². The Morgan fingerprint density at radius 1 is 1.00 bits per heavy atom. The zero-order chi connectivity index (χ0) is 25.7. The largest absolute Gasteiger partial charge is 0.434 e. The maximum atomic E-state index is 13.0. The van der Waals surface area contributed by atoms with E-state index in [1.165, 1.54) is 11.6 Å². The summed E-state index contributed by atoms with van der Waals surface area (Å²) in [4.78, 5) is 34.2. The van der Waals surface area contributed by atoms with Gasteiger partial charge in [-0.3, -0.25) is 9.69 Å². The molecule has 1 fully saturated rings. The second kappa shape index (κ2) is 8.68. The highest BCUT2D eigenvalue weighted by molar-refractivity contribution is 6.00. The fourth-order valence-electron chi connectivity index (χ4n) is 4.59. The van der Waals surface area contributed by atoms with Crippen molar-refractivity contribution < 1.29 is 18.0 Å². The summed E-state index contributed by atoms with van der Waals surface area (Å²) in [5.41, 5.74) is 2.01. The van der Waals surface area contributed by atoms with Gasteiger partial charge < -0.3 is 9.47 Å². The number of carbonyl (C=O) groups is 1. The summed E-state index contributed by atoms with van der Waals surface area (Å²) in [5.74, 6) is 2.05. The van der Waals surface area contributed by atoms with E-state index in [0.717, 1.165) is 48.2 Å². The SMILES string of the molecule is Cn1cc(C(F)(F)F)nc1-c1ccc(CN2C(=O)Cc3cnc(-c4cccnc4N4CCC4)nc32)cc1. The maximum absolute atomic E-state index is 13.0. The second-order valence-corrected chi connectivity index (χ2v) is 9.17. The van der Waals surface area contributed by atoms with E-state index in [4.69, 9.17) is 4.98 Å². The lowest BCUT2D eigenvalue weighted by atomic mass is 10.1. The number of carbonyl (C=O) groups excluding carboxylic acids is 1. The summed E-state index contributed by atoms with van der Waals surface area (Å²) in [6, 6.07) is 10.8. The van der Waals surface area contributed by atoms with E-state index in [0.29, 0.717) is 17.2 Å². The summed E-state index contributed by atoms with van der Waals surface area (Å²) < 4.78 is 40.5. The Bertz CT molecular complexity index is 1490. The van der Waals surface area contributed by atoms with Crippen LogP contribution in [0.5, 0.6) is 0 Å². The first-order chi connectivity index (χ1) is 17.8. The van der Waals surface area contributed by atoms with Crippen molar-refractivity contribution in [1.82, 2.24) is 24.5 Å². The molecule has 37 heavy (non-hydrogen) atoms. The Labute approximate surface area is 210 Å². The molecule has 3 aromatic heterocycles. The highest BCUT2D eigenvalue weighted by Crippen LogP contribution is 2.34. The number of rotatable bonds is 5. The lowest BCUT2D eigenvalue weighted by Crippen LogP contribution is -2.38. The maximum Gasteiger partial charge on any atom is 0.434 e. The highest BCUT2D eigenvalue weighted by atomic mass is 19.4. The number of imidazole rings is 1. The minimum absolute atomic E-state index is 0.0846. The molecule has 0 saturated carbocycles. The van der Waals surface area contributed by atoms with Crippen LogP contribution in [0.1, 0.15) is 23.2 Å². The standard InChI is InChI=1S/C26H22F3N7O/c1-34-15-20(26(27,28)29)32-23(34)17-7-5-16(6-8-17)14-36-21(37)12-18-13-31-22(33-24(18)36)19-4-2-9-30-25(19)35-10-3-11-35/h2,4-9,13,15H,3,10-12,14H2,1H3. The Hall–Kier alpha value is -4.28. The van der Waals surface area contributed by atoms with E-state index >= 15 is 0 Å². The topological polar surface area (TPSA) is 80.0 Å². The van der Waals surface area contributed by atoms with Gasteiger partial charge >= 0.3 is 6.18 Å². The number of aromatic nitrogens is 5. The molecular weight excluding hydrogens is 483 g/mol. The van der Waals surface area contributed by atoms with Crippen LogP contribution in [0, 0.1) is 0 Å². The van der Waals surface area contributed by atoms with Crippen LogP contribution in [0.4, 0.5) is 24.8 Å². The Kier molecular flexibility index (Phi) is 5.43. The number of amides is 1. The fourth-order valence-corrected chi connectivity index (χ4v) is 4.59. The lowest BCUT2D eigenvalue weighted by Gasteiger charge is -2.33. The van der Waals surface area contributed by atoms with Crippen LogP contribution in [-0.2, 0) is 31.0 Å². The first-order valence-electron chi connectivity index (χ1n) is 11.8. The van der Waals surface area contributed by atoms with E-state index in [1.807, 2.05) is 12.1 Å².